The standard InChI is InChI=1S/C21H26N2O3S/c1-3-20(17-9-5-4-6-10-17)22-21(24)19-15-18(12-11-16(19)2)27(25,26)23-13-7-8-14-23/h4-6,9-12,15,20H,3,7-8,13-14H2,1-2H3,(H,22,24)/t20-/m1/s1. The summed E-state index contributed by atoms with van der Waals surface area (Å²) in [4.78, 5) is 13.1. The first kappa shape index (κ1) is 19.6. The highest BCUT2D eigenvalue weighted by Gasteiger charge is 2.28. The maximum Gasteiger partial charge on any atom is 0.252 e. The third-order valence-corrected chi connectivity index (χ3v) is 6.97. The zero-order valence-corrected chi connectivity index (χ0v) is 16.6. The Morgan fingerprint density at radius 3 is 2.41 bits per heavy atom. The van der Waals surface area contributed by atoms with Crippen molar-refractivity contribution in [2.75, 3.05) is 13.1 Å². The molecular formula is C21H26N2O3S. The molecule has 0 bridgehead atoms. The number of hydrogen-bond acceptors (Lipinski definition) is 3. The lowest BCUT2D eigenvalue weighted by atomic mass is 10.0. The van der Waals surface area contributed by atoms with Gasteiger partial charge in [0.15, 0.2) is 0 Å². The molecule has 1 atom stereocenters. The molecule has 1 fully saturated rings. The number of rotatable bonds is 6. The van der Waals surface area contributed by atoms with Crippen LogP contribution in [0.4, 0.5) is 0 Å². The first-order chi connectivity index (χ1) is 12.9. The SMILES string of the molecule is CC[C@@H](NC(=O)c1cc(S(=O)(=O)N2CCCC2)ccc1C)c1ccccc1. The zero-order chi connectivity index (χ0) is 19.4. The molecule has 1 amide bonds. The summed E-state index contributed by atoms with van der Waals surface area (Å²) in [6.45, 7) is 4.93. The summed E-state index contributed by atoms with van der Waals surface area (Å²) in [6.07, 6.45) is 2.52. The summed E-state index contributed by atoms with van der Waals surface area (Å²) in [5, 5.41) is 3.04. The maximum atomic E-state index is 12.9. The highest BCUT2D eigenvalue weighted by molar-refractivity contribution is 7.89. The first-order valence-electron chi connectivity index (χ1n) is 9.40. The number of aryl methyl sites for hydroxylation is 1. The molecule has 1 saturated heterocycles. The van der Waals surface area contributed by atoms with E-state index in [0.717, 1.165) is 30.4 Å². The van der Waals surface area contributed by atoms with Gasteiger partial charge in [-0.05, 0) is 49.4 Å². The molecule has 6 heteroatoms. The molecule has 0 radical (unpaired) electrons. The van der Waals surface area contributed by atoms with Crippen LogP contribution in [0.3, 0.4) is 0 Å². The molecule has 1 heterocycles. The summed E-state index contributed by atoms with van der Waals surface area (Å²) in [5.41, 5.74) is 2.20. The maximum absolute atomic E-state index is 12.9. The minimum Gasteiger partial charge on any atom is -0.345 e. The van der Waals surface area contributed by atoms with E-state index in [1.807, 2.05) is 44.2 Å². The number of benzene rings is 2. The molecule has 144 valence electrons. The van der Waals surface area contributed by atoms with Crippen molar-refractivity contribution < 1.29 is 13.2 Å². The minimum absolute atomic E-state index is 0.114. The van der Waals surface area contributed by atoms with Gasteiger partial charge in [0.1, 0.15) is 0 Å². The van der Waals surface area contributed by atoms with E-state index in [4.69, 9.17) is 0 Å². The fourth-order valence-corrected chi connectivity index (χ4v) is 4.97. The molecule has 1 N–H and O–H groups in total. The van der Waals surface area contributed by atoms with Crippen molar-refractivity contribution in [2.45, 2.75) is 44.0 Å². The first-order valence-corrected chi connectivity index (χ1v) is 10.8. The van der Waals surface area contributed by atoms with E-state index in [0.29, 0.717) is 18.7 Å². The molecule has 1 aliphatic heterocycles. The number of nitrogens with zero attached hydrogens (tertiary/aromatic N) is 1. The van der Waals surface area contributed by atoms with Crippen LogP contribution in [0, 0.1) is 6.92 Å². The molecule has 0 spiro atoms. The van der Waals surface area contributed by atoms with Crippen LogP contribution in [0.2, 0.25) is 0 Å². The number of sulfonamides is 1. The van der Waals surface area contributed by atoms with E-state index in [1.165, 1.54) is 10.4 Å². The van der Waals surface area contributed by atoms with Gasteiger partial charge in [0.2, 0.25) is 10.0 Å². The minimum atomic E-state index is -3.54. The van der Waals surface area contributed by atoms with Crippen LogP contribution in [-0.2, 0) is 10.0 Å². The van der Waals surface area contributed by atoms with Gasteiger partial charge in [-0.25, -0.2) is 8.42 Å². The Hall–Kier alpha value is -2.18. The Morgan fingerprint density at radius 1 is 1.11 bits per heavy atom. The van der Waals surface area contributed by atoms with E-state index < -0.39 is 10.0 Å². The second-order valence-electron chi connectivity index (χ2n) is 6.93. The molecule has 0 aliphatic carbocycles. The normalized spacial score (nSPS) is 16.2. The molecule has 2 aromatic carbocycles. The molecule has 1 aliphatic rings. The summed E-state index contributed by atoms with van der Waals surface area (Å²) >= 11 is 0. The van der Waals surface area contributed by atoms with Gasteiger partial charge in [0, 0.05) is 18.7 Å². The van der Waals surface area contributed by atoms with E-state index in [-0.39, 0.29) is 16.8 Å². The highest BCUT2D eigenvalue weighted by atomic mass is 32.2. The lowest BCUT2D eigenvalue weighted by molar-refractivity contribution is 0.0934. The second kappa shape index (κ2) is 8.23. The fourth-order valence-electron chi connectivity index (χ4n) is 3.43. The Morgan fingerprint density at radius 2 is 1.78 bits per heavy atom. The average Bonchev–Trinajstić information content (AvgIpc) is 3.22. The van der Waals surface area contributed by atoms with Gasteiger partial charge in [-0.15, -0.1) is 0 Å². The average molecular weight is 387 g/mol. The quantitative estimate of drug-likeness (QED) is 0.824. The monoisotopic (exact) mass is 386 g/mol. The van der Waals surface area contributed by atoms with E-state index in [1.54, 1.807) is 12.1 Å². The molecule has 2 aromatic rings. The van der Waals surface area contributed by atoms with Gasteiger partial charge in [-0.2, -0.15) is 4.31 Å². The van der Waals surface area contributed by atoms with Crippen LogP contribution in [-0.4, -0.2) is 31.7 Å². The Kier molecular flexibility index (Phi) is 5.97. The molecule has 3 rings (SSSR count). The van der Waals surface area contributed by atoms with Crippen LogP contribution in [0.1, 0.15) is 53.7 Å². The van der Waals surface area contributed by atoms with E-state index in [2.05, 4.69) is 5.32 Å². The highest BCUT2D eigenvalue weighted by Crippen LogP contribution is 2.24. The van der Waals surface area contributed by atoms with Crippen molar-refractivity contribution in [3.05, 3.63) is 65.2 Å². The van der Waals surface area contributed by atoms with Crippen molar-refractivity contribution in [3.63, 3.8) is 0 Å². The van der Waals surface area contributed by atoms with Crippen molar-refractivity contribution in [1.29, 1.82) is 0 Å². The van der Waals surface area contributed by atoms with Crippen molar-refractivity contribution >= 4 is 15.9 Å². The van der Waals surface area contributed by atoms with E-state index >= 15 is 0 Å². The number of carbonyl (C=O) groups is 1. The topological polar surface area (TPSA) is 66.5 Å². The van der Waals surface area contributed by atoms with Crippen molar-refractivity contribution in [1.82, 2.24) is 9.62 Å². The Balaban J connectivity index is 1.86. The van der Waals surface area contributed by atoms with Gasteiger partial charge >= 0.3 is 0 Å². The molecule has 27 heavy (non-hydrogen) atoms. The smallest absolute Gasteiger partial charge is 0.252 e. The Labute approximate surface area is 161 Å². The zero-order valence-electron chi connectivity index (χ0n) is 15.8. The van der Waals surface area contributed by atoms with Crippen LogP contribution in [0.25, 0.3) is 0 Å². The fraction of sp³-hybridized carbons (Fsp3) is 0.381. The van der Waals surface area contributed by atoms with Crippen LogP contribution in [0.15, 0.2) is 53.4 Å². The molecular weight excluding hydrogens is 360 g/mol. The lowest BCUT2D eigenvalue weighted by Gasteiger charge is -2.19. The second-order valence-corrected chi connectivity index (χ2v) is 8.87. The number of carbonyl (C=O) groups excluding carboxylic acids is 1. The number of nitrogens with one attached hydrogen (secondary N) is 1. The molecule has 0 saturated carbocycles. The van der Waals surface area contributed by atoms with Crippen LogP contribution >= 0.6 is 0 Å². The summed E-state index contributed by atoms with van der Waals surface area (Å²) in [7, 11) is -3.54. The third-order valence-electron chi connectivity index (χ3n) is 5.07. The van der Waals surface area contributed by atoms with Crippen LogP contribution in [0.5, 0.6) is 0 Å². The van der Waals surface area contributed by atoms with Crippen molar-refractivity contribution in [2.24, 2.45) is 0 Å². The van der Waals surface area contributed by atoms with Gasteiger partial charge < -0.3 is 5.32 Å². The molecule has 0 aromatic heterocycles. The predicted octanol–water partition coefficient (Wildman–Crippen LogP) is 3.66. The van der Waals surface area contributed by atoms with Gasteiger partial charge in [0.25, 0.3) is 5.91 Å². The van der Waals surface area contributed by atoms with Gasteiger partial charge in [-0.3, -0.25) is 4.79 Å². The predicted molar refractivity (Wildman–Crippen MR) is 106 cm³/mol. The number of hydrogen-bond donors (Lipinski definition) is 1. The molecule has 5 nitrogen and oxygen atoms in total. The molecule has 0 unspecified atom stereocenters. The van der Waals surface area contributed by atoms with Crippen LogP contribution < -0.4 is 5.32 Å². The largest absolute Gasteiger partial charge is 0.345 e. The number of amides is 1. The summed E-state index contributed by atoms with van der Waals surface area (Å²) in [6, 6.07) is 14.5. The van der Waals surface area contributed by atoms with Gasteiger partial charge in [0.05, 0.1) is 10.9 Å². The summed E-state index contributed by atoms with van der Waals surface area (Å²) < 4.78 is 27.1. The summed E-state index contributed by atoms with van der Waals surface area (Å²) in [5.74, 6) is -0.248. The third kappa shape index (κ3) is 4.22. The van der Waals surface area contributed by atoms with Gasteiger partial charge in [-0.1, -0.05) is 43.3 Å². The van der Waals surface area contributed by atoms with Crippen molar-refractivity contribution in [3.8, 4) is 0 Å². The Bertz CT molecular complexity index is 904. The lowest BCUT2D eigenvalue weighted by Crippen LogP contribution is -2.30. The van der Waals surface area contributed by atoms with E-state index in [9.17, 15) is 13.2 Å².